The first kappa shape index (κ1) is 12.7. The van der Waals surface area contributed by atoms with Crippen LogP contribution in [0.1, 0.15) is 20.3 Å². The van der Waals surface area contributed by atoms with Crippen molar-refractivity contribution in [3.05, 3.63) is 23.8 Å². The van der Waals surface area contributed by atoms with Gasteiger partial charge in [0.15, 0.2) is 5.82 Å². The summed E-state index contributed by atoms with van der Waals surface area (Å²) in [4.78, 5) is 24.7. The summed E-state index contributed by atoms with van der Waals surface area (Å²) in [6.07, 6.45) is 1.26. The highest BCUT2D eigenvalue weighted by Gasteiger charge is 2.27. The number of aryl methyl sites for hydroxylation is 2. The lowest BCUT2D eigenvalue weighted by atomic mass is 10.1. The normalized spacial score (nSPS) is 15.8. The molecule has 1 fully saturated rings. The van der Waals surface area contributed by atoms with Gasteiger partial charge in [-0.25, -0.2) is 4.79 Å². The summed E-state index contributed by atoms with van der Waals surface area (Å²) >= 11 is 0. The second-order valence-corrected chi connectivity index (χ2v) is 4.91. The van der Waals surface area contributed by atoms with Crippen molar-refractivity contribution < 1.29 is 11.0 Å². The van der Waals surface area contributed by atoms with Gasteiger partial charge in [0.25, 0.3) is 0 Å². The highest BCUT2D eigenvalue weighted by Crippen LogP contribution is 2.27. The van der Waals surface area contributed by atoms with E-state index in [-0.39, 0.29) is 7.33 Å². The fourth-order valence-electron chi connectivity index (χ4n) is 2.47. The second-order valence-electron chi connectivity index (χ2n) is 4.91. The van der Waals surface area contributed by atoms with Gasteiger partial charge in [0.2, 0.25) is 5.91 Å². The highest BCUT2D eigenvalue weighted by atomic mass is 16.2. The average Bonchev–Trinajstić information content (AvgIpc) is 2.75. The van der Waals surface area contributed by atoms with Gasteiger partial charge in [0, 0.05) is 26.8 Å². The number of nitrogens with one attached hydrogen (secondary N) is 1. The number of nitrogens with zero attached hydrogens (tertiary/aromatic N) is 3. The Morgan fingerprint density at radius 3 is 2.90 bits per heavy atom. The van der Waals surface area contributed by atoms with Crippen molar-refractivity contribution in [2.75, 3.05) is 11.4 Å². The number of hydrogen-bond donors (Lipinski definition) is 1. The third kappa shape index (κ3) is 1.93. The van der Waals surface area contributed by atoms with E-state index in [1.54, 1.807) is 4.68 Å². The van der Waals surface area contributed by atoms with E-state index < -0.39 is 6.03 Å². The summed E-state index contributed by atoms with van der Waals surface area (Å²) in [5.74, 6) is 0.370. The lowest BCUT2D eigenvalue weighted by Gasteiger charge is -2.24. The number of imide groups is 1. The van der Waals surface area contributed by atoms with E-state index in [4.69, 9.17) is 0 Å². The van der Waals surface area contributed by atoms with Gasteiger partial charge in [0.05, 0.1) is 5.52 Å². The topological polar surface area (TPSA) is 67.2 Å². The molecule has 1 aliphatic rings. The molecule has 0 atom stereocenters. The van der Waals surface area contributed by atoms with Crippen molar-refractivity contribution in [2.45, 2.75) is 19.8 Å². The summed E-state index contributed by atoms with van der Waals surface area (Å²) < 4.78 is 1.77. The van der Waals surface area contributed by atoms with Gasteiger partial charge in [-0.15, -0.1) is 0 Å². The zero-order chi connectivity index (χ0) is 14.3. The van der Waals surface area contributed by atoms with Gasteiger partial charge in [-0.1, -0.05) is 13.0 Å². The molecule has 0 bridgehead atoms. The SMILES string of the molecule is CCc1ccc2c(N3CCC(=O)NC3=O)nn(C)c2c1.[HH]. The van der Waals surface area contributed by atoms with Crippen LogP contribution < -0.4 is 10.2 Å². The molecule has 1 saturated heterocycles. The molecule has 3 rings (SSSR count). The minimum Gasteiger partial charge on any atom is -0.278 e. The Morgan fingerprint density at radius 2 is 2.20 bits per heavy atom. The van der Waals surface area contributed by atoms with Crippen LogP contribution in [0.15, 0.2) is 18.2 Å². The van der Waals surface area contributed by atoms with Crippen LogP contribution in [0.4, 0.5) is 10.6 Å². The first-order valence-corrected chi connectivity index (χ1v) is 6.67. The molecule has 3 amide bonds. The fourth-order valence-corrected chi connectivity index (χ4v) is 2.47. The maximum atomic E-state index is 11.9. The van der Waals surface area contributed by atoms with Crippen molar-refractivity contribution in [3.8, 4) is 0 Å². The molecule has 0 spiro atoms. The smallest absolute Gasteiger partial charge is 0.278 e. The van der Waals surface area contributed by atoms with E-state index in [1.807, 2.05) is 19.2 Å². The van der Waals surface area contributed by atoms with E-state index >= 15 is 0 Å². The molecule has 1 aromatic carbocycles. The van der Waals surface area contributed by atoms with Crippen LogP contribution in [-0.2, 0) is 18.3 Å². The third-order valence-corrected chi connectivity index (χ3v) is 3.61. The first-order valence-electron chi connectivity index (χ1n) is 6.67. The number of hydrogen-bond acceptors (Lipinski definition) is 3. The predicted octanol–water partition coefficient (Wildman–Crippen LogP) is 1.83. The Bertz CT molecular complexity index is 710. The number of amides is 3. The van der Waals surface area contributed by atoms with Crippen LogP contribution >= 0.6 is 0 Å². The molecule has 1 N–H and O–H groups in total. The van der Waals surface area contributed by atoms with Crippen LogP contribution in [0.25, 0.3) is 10.9 Å². The molecule has 2 aromatic rings. The number of carbonyl (C=O) groups is 2. The molecule has 106 valence electrons. The zero-order valence-corrected chi connectivity index (χ0v) is 11.5. The van der Waals surface area contributed by atoms with E-state index in [0.717, 1.165) is 17.3 Å². The number of rotatable bonds is 2. The summed E-state index contributed by atoms with van der Waals surface area (Å²) in [6.45, 7) is 2.47. The first-order chi connectivity index (χ1) is 9.60. The molecule has 6 heteroatoms. The van der Waals surface area contributed by atoms with Crippen LogP contribution in [0, 0.1) is 0 Å². The van der Waals surface area contributed by atoms with Gasteiger partial charge in [-0.05, 0) is 24.1 Å². The van der Waals surface area contributed by atoms with Crippen molar-refractivity contribution in [2.24, 2.45) is 7.05 Å². The molecule has 1 aliphatic heterocycles. The summed E-state index contributed by atoms with van der Waals surface area (Å²) in [6, 6.07) is 5.71. The number of anilines is 1. The number of carbonyl (C=O) groups excluding carboxylic acids is 2. The number of aromatic nitrogens is 2. The Balaban J connectivity index is 0.00000161. The Hall–Kier alpha value is -2.37. The molecular weight excluding hydrogens is 256 g/mol. The quantitative estimate of drug-likeness (QED) is 0.908. The van der Waals surface area contributed by atoms with Crippen molar-refractivity contribution in [3.63, 3.8) is 0 Å². The van der Waals surface area contributed by atoms with E-state index in [0.29, 0.717) is 18.8 Å². The zero-order valence-electron chi connectivity index (χ0n) is 11.5. The van der Waals surface area contributed by atoms with E-state index in [9.17, 15) is 9.59 Å². The number of benzene rings is 1. The summed E-state index contributed by atoms with van der Waals surface area (Å²) in [7, 11) is 1.86. The highest BCUT2D eigenvalue weighted by molar-refractivity contribution is 6.08. The molecule has 0 radical (unpaired) electrons. The Morgan fingerprint density at radius 1 is 1.40 bits per heavy atom. The van der Waals surface area contributed by atoms with Crippen LogP contribution in [0.2, 0.25) is 0 Å². The fraction of sp³-hybridized carbons (Fsp3) is 0.357. The van der Waals surface area contributed by atoms with Crippen molar-refractivity contribution in [1.82, 2.24) is 15.1 Å². The van der Waals surface area contributed by atoms with E-state index in [1.165, 1.54) is 10.5 Å². The molecule has 2 heterocycles. The lowest BCUT2D eigenvalue weighted by Crippen LogP contribution is -2.49. The van der Waals surface area contributed by atoms with Gasteiger partial charge in [-0.2, -0.15) is 5.10 Å². The second kappa shape index (κ2) is 4.63. The summed E-state index contributed by atoms with van der Waals surface area (Å²) in [5.41, 5.74) is 2.22. The maximum Gasteiger partial charge on any atom is 0.329 e. The Labute approximate surface area is 117 Å². The lowest BCUT2D eigenvalue weighted by molar-refractivity contribution is -0.120. The predicted molar refractivity (Wildman–Crippen MR) is 77.7 cm³/mol. The van der Waals surface area contributed by atoms with Crippen LogP contribution in [0.5, 0.6) is 0 Å². The van der Waals surface area contributed by atoms with E-state index in [2.05, 4.69) is 23.4 Å². The minimum absolute atomic E-state index is 0. The molecule has 1 aromatic heterocycles. The minimum atomic E-state index is -0.402. The number of fused-ring (bicyclic) bond motifs is 1. The average molecular weight is 274 g/mol. The van der Waals surface area contributed by atoms with Crippen molar-refractivity contribution in [1.29, 1.82) is 0 Å². The number of urea groups is 1. The Kier molecular flexibility index (Phi) is 2.93. The van der Waals surface area contributed by atoms with Gasteiger partial charge >= 0.3 is 6.03 Å². The molecule has 6 nitrogen and oxygen atoms in total. The standard InChI is InChI=1S/C14H16N4O2.H2/c1-3-9-4-5-10-11(8-9)17(2)16-13(10)18-7-6-12(19)15-14(18)20;/h4-5,8H,3,6-7H2,1-2H3,(H,15,19,20);1H. The summed E-state index contributed by atoms with van der Waals surface area (Å²) in [5, 5.41) is 7.68. The van der Waals surface area contributed by atoms with Gasteiger partial charge in [0.1, 0.15) is 0 Å². The molecule has 0 saturated carbocycles. The maximum absolute atomic E-state index is 11.9. The monoisotopic (exact) mass is 274 g/mol. The van der Waals surface area contributed by atoms with Gasteiger partial charge < -0.3 is 0 Å². The van der Waals surface area contributed by atoms with Crippen LogP contribution in [-0.4, -0.2) is 28.3 Å². The third-order valence-electron chi connectivity index (χ3n) is 3.61. The van der Waals surface area contributed by atoms with Gasteiger partial charge in [-0.3, -0.25) is 19.7 Å². The molecule has 20 heavy (non-hydrogen) atoms. The largest absolute Gasteiger partial charge is 0.329 e. The molecular formula is C14H18N4O2. The van der Waals surface area contributed by atoms with Crippen molar-refractivity contribution >= 4 is 28.7 Å². The molecule has 0 aliphatic carbocycles. The van der Waals surface area contributed by atoms with Crippen LogP contribution in [0.3, 0.4) is 0 Å². The molecule has 0 unspecified atom stereocenters.